The van der Waals surface area contributed by atoms with E-state index in [1.54, 1.807) is 19.3 Å². The van der Waals surface area contributed by atoms with Crippen molar-refractivity contribution >= 4 is 11.8 Å². The van der Waals surface area contributed by atoms with Gasteiger partial charge in [-0.15, -0.1) is 0 Å². The summed E-state index contributed by atoms with van der Waals surface area (Å²) in [5, 5.41) is 1.05. The van der Waals surface area contributed by atoms with Crippen molar-refractivity contribution < 1.29 is 0 Å². The molecule has 9 atom stereocenters. The summed E-state index contributed by atoms with van der Waals surface area (Å²) >= 11 is 2.33. The number of fused-ring (bicyclic) bond motifs is 9. The normalized spacial score (nSPS) is 44.8. The minimum absolute atomic E-state index is 1.05. The van der Waals surface area contributed by atoms with Gasteiger partial charge in [-0.1, -0.05) is 68.7 Å². The van der Waals surface area contributed by atoms with Crippen molar-refractivity contribution in [1.82, 2.24) is 0 Å². The van der Waals surface area contributed by atoms with Gasteiger partial charge in [-0.3, -0.25) is 0 Å². The first kappa shape index (κ1) is 23.4. The van der Waals surface area contributed by atoms with Crippen molar-refractivity contribution in [2.24, 2.45) is 47.3 Å². The molecule has 4 aliphatic carbocycles. The molecule has 0 nitrogen and oxygen atoms in total. The monoisotopic (exact) mass is 368 g/mol. The van der Waals surface area contributed by atoms with Crippen molar-refractivity contribution in [3.8, 4) is 0 Å². The first-order valence-electron chi connectivity index (χ1n) is 11.9. The summed E-state index contributed by atoms with van der Waals surface area (Å²) in [7, 11) is 0. The lowest BCUT2D eigenvalue weighted by molar-refractivity contribution is 0.0642. The van der Waals surface area contributed by atoms with Gasteiger partial charge in [0.2, 0.25) is 0 Å². The zero-order chi connectivity index (χ0) is 19.1. The molecule has 4 saturated carbocycles. The molecule has 150 valence electrons. The molecular formula is C24H48S. The van der Waals surface area contributed by atoms with E-state index in [4.69, 9.17) is 0 Å². The average molecular weight is 369 g/mol. The van der Waals surface area contributed by atoms with Crippen molar-refractivity contribution in [2.45, 2.75) is 99.7 Å². The number of hydrogen-bond acceptors (Lipinski definition) is 1. The Labute approximate surface area is 164 Å². The van der Waals surface area contributed by atoms with Crippen LogP contribution >= 0.6 is 11.8 Å². The zero-order valence-electron chi connectivity index (χ0n) is 18.8. The SMILES string of the molecule is CC.CC.CC.CCCSC1CC2CC1C1C3CC(C(CC)C3C)C21. The fraction of sp³-hybridized carbons (Fsp3) is 1.00. The largest absolute Gasteiger partial charge is 0.158 e. The maximum absolute atomic E-state index is 2.59. The van der Waals surface area contributed by atoms with Gasteiger partial charge in [0.1, 0.15) is 0 Å². The van der Waals surface area contributed by atoms with Gasteiger partial charge in [-0.05, 0) is 78.8 Å². The van der Waals surface area contributed by atoms with Crippen molar-refractivity contribution in [2.75, 3.05) is 5.75 Å². The van der Waals surface area contributed by atoms with Crippen LogP contribution in [0.2, 0.25) is 0 Å². The zero-order valence-corrected chi connectivity index (χ0v) is 19.7. The predicted octanol–water partition coefficient (Wildman–Crippen LogP) is 8.16. The summed E-state index contributed by atoms with van der Waals surface area (Å²) in [6, 6.07) is 0. The molecule has 0 spiro atoms. The van der Waals surface area contributed by atoms with Crippen LogP contribution in [0, 0.1) is 47.3 Å². The summed E-state index contributed by atoms with van der Waals surface area (Å²) in [5.74, 6) is 10.4. The molecule has 4 rings (SSSR count). The highest BCUT2D eigenvalue weighted by molar-refractivity contribution is 7.99. The molecule has 9 unspecified atom stereocenters. The third-order valence-corrected chi connectivity index (χ3v) is 9.13. The summed E-state index contributed by atoms with van der Waals surface area (Å²) in [4.78, 5) is 0. The maximum Gasteiger partial charge on any atom is 0.00810 e. The van der Waals surface area contributed by atoms with Crippen LogP contribution in [0.1, 0.15) is 94.4 Å². The Bertz CT molecular complexity index is 350. The third-order valence-electron chi connectivity index (χ3n) is 7.51. The fourth-order valence-corrected chi connectivity index (χ4v) is 8.59. The lowest BCUT2D eigenvalue weighted by atomic mass is 9.63. The van der Waals surface area contributed by atoms with E-state index in [1.165, 1.54) is 24.5 Å². The van der Waals surface area contributed by atoms with Crippen molar-refractivity contribution in [3.05, 3.63) is 0 Å². The van der Waals surface area contributed by atoms with E-state index < -0.39 is 0 Å². The van der Waals surface area contributed by atoms with Crippen LogP contribution in [0.3, 0.4) is 0 Å². The van der Waals surface area contributed by atoms with Gasteiger partial charge in [0, 0.05) is 5.25 Å². The van der Waals surface area contributed by atoms with Crippen LogP contribution in [-0.4, -0.2) is 11.0 Å². The third kappa shape index (κ3) is 4.12. The Morgan fingerprint density at radius 3 is 1.96 bits per heavy atom. The summed E-state index contributed by atoms with van der Waals surface area (Å²) in [6.07, 6.45) is 7.65. The highest BCUT2D eigenvalue weighted by Gasteiger charge is 2.66. The Morgan fingerprint density at radius 1 is 0.760 bits per heavy atom. The van der Waals surface area contributed by atoms with E-state index in [1.807, 2.05) is 41.5 Å². The molecule has 25 heavy (non-hydrogen) atoms. The van der Waals surface area contributed by atoms with E-state index in [9.17, 15) is 0 Å². The molecular weight excluding hydrogens is 320 g/mol. The van der Waals surface area contributed by atoms with E-state index in [0.29, 0.717) is 0 Å². The lowest BCUT2D eigenvalue weighted by Crippen LogP contribution is -2.40. The molecule has 4 bridgehead atoms. The number of hydrogen-bond donors (Lipinski definition) is 0. The average Bonchev–Trinajstić information content (AvgIpc) is 3.42. The lowest BCUT2D eigenvalue weighted by Gasteiger charge is -2.44. The first-order chi connectivity index (χ1) is 12.3. The Morgan fingerprint density at radius 2 is 1.40 bits per heavy atom. The standard InChI is InChI=1S/C18H30S.3C2H6/c1-4-6-19-16-8-11-7-15(16)18-13-9-14(17(11)18)12(5-2)10(13)3;3*1-2/h10-18H,4-9H2,1-3H3;3*1-2H3. The van der Waals surface area contributed by atoms with E-state index in [2.05, 4.69) is 32.5 Å². The topological polar surface area (TPSA) is 0 Å². The minimum atomic E-state index is 1.05. The van der Waals surface area contributed by atoms with Crippen LogP contribution in [0.25, 0.3) is 0 Å². The predicted molar refractivity (Wildman–Crippen MR) is 118 cm³/mol. The fourth-order valence-electron chi connectivity index (χ4n) is 7.12. The molecule has 0 aromatic carbocycles. The van der Waals surface area contributed by atoms with Crippen LogP contribution in [0.5, 0.6) is 0 Å². The summed E-state index contributed by atoms with van der Waals surface area (Å²) in [5.41, 5.74) is 0. The second-order valence-corrected chi connectivity index (χ2v) is 9.30. The number of rotatable bonds is 4. The molecule has 0 aliphatic heterocycles. The van der Waals surface area contributed by atoms with Gasteiger partial charge < -0.3 is 0 Å². The maximum atomic E-state index is 2.59. The Kier molecular flexibility index (Phi) is 10.5. The molecule has 0 aromatic rings. The van der Waals surface area contributed by atoms with Gasteiger partial charge in [0.25, 0.3) is 0 Å². The Balaban J connectivity index is 0.000000475. The quantitative estimate of drug-likeness (QED) is 0.451. The van der Waals surface area contributed by atoms with Crippen LogP contribution < -0.4 is 0 Å². The van der Waals surface area contributed by atoms with Crippen molar-refractivity contribution in [3.63, 3.8) is 0 Å². The molecule has 0 saturated heterocycles. The van der Waals surface area contributed by atoms with E-state index in [0.717, 1.165) is 46.7 Å². The van der Waals surface area contributed by atoms with E-state index in [-0.39, 0.29) is 0 Å². The molecule has 0 aromatic heterocycles. The van der Waals surface area contributed by atoms with Crippen LogP contribution in [0.15, 0.2) is 0 Å². The molecule has 4 fully saturated rings. The van der Waals surface area contributed by atoms with Crippen molar-refractivity contribution in [1.29, 1.82) is 0 Å². The summed E-state index contributed by atoms with van der Waals surface area (Å²) < 4.78 is 0. The van der Waals surface area contributed by atoms with Crippen LogP contribution in [-0.2, 0) is 0 Å². The van der Waals surface area contributed by atoms with Gasteiger partial charge in [0.05, 0.1) is 0 Å². The first-order valence-corrected chi connectivity index (χ1v) is 12.9. The molecule has 0 heterocycles. The number of thioether (sulfide) groups is 1. The van der Waals surface area contributed by atoms with Gasteiger partial charge in [-0.25, -0.2) is 0 Å². The summed E-state index contributed by atoms with van der Waals surface area (Å²) in [6.45, 7) is 19.4. The smallest absolute Gasteiger partial charge is 0.00810 e. The second kappa shape index (κ2) is 11.3. The highest BCUT2D eigenvalue weighted by atomic mass is 32.2. The van der Waals surface area contributed by atoms with Gasteiger partial charge >= 0.3 is 0 Å². The molecule has 1 heteroatoms. The highest BCUT2D eigenvalue weighted by Crippen LogP contribution is 2.71. The molecule has 4 aliphatic rings. The second-order valence-electron chi connectivity index (χ2n) is 7.95. The molecule has 0 N–H and O–H groups in total. The Hall–Kier alpha value is 0.350. The van der Waals surface area contributed by atoms with Gasteiger partial charge in [-0.2, -0.15) is 11.8 Å². The molecule has 0 amide bonds. The minimum Gasteiger partial charge on any atom is -0.158 e. The van der Waals surface area contributed by atoms with Gasteiger partial charge in [0.15, 0.2) is 0 Å². The van der Waals surface area contributed by atoms with Crippen LogP contribution in [0.4, 0.5) is 0 Å². The van der Waals surface area contributed by atoms with E-state index >= 15 is 0 Å². The molecule has 0 radical (unpaired) electrons.